The van der Waals surface area contributed by atoms with Crippen molar-refractivity contribution in [1.29, 1.82) is 0 Å². The van der Waals surface area contributed by atoms with E-state index in [2.05, 4.69) is 32.2 Å². The summed E-state index contributed by atoms with van der Waals surface area (Å²) in [6, 6.07) is 15.4. The minimum atomic E-state index is -0.127. The molecule has 0 aliphatic carbocycles. The molecular weight excluding hydrogens is 324 g/mol. The molecule has 0 fully saturated rings. The molecule has 0 unspecified atom stereocenters. The topological polar surface area (TPSA) is 49.4 Å². The van der Waals surface area contributed by atoms with Gasteiger partial charge in [-0.3, -0.25) is 9.59 Å². The van der Waals surface area contributed by atoms with Gasteiger partial charge < -0.3 is 10.2 Å². The van der Waals surface area contributed by atoms with Crippen LogP contribution in [0.15, 0.2) is 48.5 Å². The number of hydrogen-bond donors (Lipinski definition) is 1. The SMILES string of the molecule is CC(=O)N(CCNC(=O)c1ccc(C)cc1)c1ccccc1C(C)(C)C. The first kappa shape index (κ1) is 19.7. The summed E-state index contributed by atoms with van der Waals surface area (Å²) in [5.74, 6) is -0.163. The molecule has 0 atom stereocenters. The lowest BCUT2D eigenvalue weighted by Crippen LogP contribution is -2.38. The predicted molar refractivity (Wildman–Crippen MR) is 107 cm³/mol. The Hall–Kier alpha value is -2.62. The van der Waals surface area contributed by atoms with E-state index in [4.69, 9.17) is 0 Å². The van der Waals surface area contributed by atoms with Crippen LogP contribution in [0.3, 0.4) is 0 Å². The molecule has 0 aliphatic heterocycles. The van der Waals surface area contributed by atoms with Crippen LogP contribution in [-0.2, 0) is 10.2 Å². The Bertz CT molecular complexity index is 773. The Balaban J connectivity index is 2.09. The number of carbonyl (C=O) groups is 2. The average molecular weight is 352 g/mol. The molecule has 4 nitrogen and oxygen atoms in total. The van der Waals surface area contributed by atoms with Gasteiger partial charge in [0.05, 0.1) is 0 Å². The molecule has 0 spiro atoms. The first-order chi connectivity index (χ1) is 12.2. The van der Waals surface area contributed by atoms with Crippen molar-refractivity contribution in [2.75, 3.05) is 18.0 Å². The van der Waals surface area contributed by atoms with E-state index in [-0.39, 0.29) is 17.2 Å². The second-order valence-corrected chi connectivity index (χ2v) is 7.56. The third-order valence-electron chi connectivity index (χ3n) is 4.32. The van der Waals surface area contributed by atoms with Gasteiger partial charge in [-0.1, -0.05) is 56.7 Å². The van der Waals surface area contributed by atoms with Crippen molar-refractivity contribution in [1.82, 2.24) is 5.32 Å². The molecule has 4 heteroatoms. The Morgan fingerprint density at radius 2 is 1.62 bits per heavy atom. The zero-order valence-corrected chi connectivity index (χ0v) is 16.3. The number of aryl methyl sites for hydroxylation is 1. The lowest BCUT2D eigenvalue weighted by molar-refractivity contribution is -0.116. The van der Waals surface area contributed by atoms with Crippen molar-refractivity contribution in [3.63, 3.8) is 0 Å². The summed E-state index contributed by atoms with van der Waals surface area (Å²) in [5, 5.41) is 2.90. The van der Waals surface area contributed by atoms with Gasteiger partial charge in [0.15, 0.2) is 0 Å². The van der Waals surface area contributed by atoms with Crippen molar-refractivity contribution < 1.29 is 9.59 Å². The van der Waals surface area contributed by atoms with Crippen molar-refractivity contribution in [2.24, 2.45) is 0 Å². The second kappa shape index (κ2) is 8.17. The number of para-hydroxylation sites is 1. The zero-order valence-electron chi connectivity index (χ0n) is 16.3. The molecule has 1 N–H and O–H groups in total. The lowest BCUT2D eigenvalue weighted by atomic mass is 9.85. The van der Waals surface area contributed by atoms with Crippen LogP contribution in [0.25, 0.3) is 0 Å². The molecule has 0 saturated heterocycles. The molecule has 26 heavy (non-hydrogen) atoms. The summed E-state index contributed by atoms with van der Waals surface area (Å²) in [7, 11) is 0. The Morgan fingerprint density at radius 3 is 2.19 bits per heavy atom. The molecule has 0 bridgehead atoms. The Kier molecular flexibility index (Phi) is 6.19. The maximum atomic E-state index is 12.3. The number of rotatable bonds is 5. The lowest BCUT2D eigenvalue weighted by Gasteiger charge is -2.29. The molecule has 2 aromatic rings. The van der Waals surface area contributed by atoms with Gasteiger partial charge in [-0.05, 0) is 36.1 Å². The molecule has 0 aliphatic rings. The highest BCUT2D eigenvalue weighted by Crippen LogP contribution is 2.31. The number of nitrogens with one attached hydrogen (secondary N) is 1. The summed E-state index contributed by atoms with van der Waals surface area (Å²) in [6.07, 6.45) is 0. The number of amides is 2. The van der Waals surface area contributed by atoms with E-state index in [9.17, 15) is 9.59 Å². The van der Waals surface area contributed by atoms with Crippen LogP contribution >= 0.6 is 0 Å². The normalized spacial score (nSPS) is 11.1. The van der Waals surface area contributed by atoms with Crippen LogP contribution in [0.4, 0.5) is 5.69 Å². The van der Waals surface area contributed by atoms with E-state index in [1.165, 1.54) is 0 Å². The summed E-state index contributed by atoms with van der Waals surface area (Å²) in [5.41, 5.74) is 3.68. The molecule has 0 heterocycles. The van der Waals surface area contributed by atoms with Crippen LogP contribution in [0.1, 0.15) is 49.2 Å². The predicted octanol–water partition coefficient (Wildman–Crippen LogP) is 4.08. The van der Waals surface area contributed by atoms with Crippen molar-refractivity contribution in [3.05, 3.63) is 65.2 Å². The highest BCUT2D eigenvalue weighted by Gasteiger charge is 2.22. The molecule has 2 amide bonds. The standard InChI is InChI=1S/C22H28N2O2/c1-16-10-12-18(13-11-16)21(26)23-14-15-24(17(2)25)20-9-7-6-8-19(20)22(3,4)5/h6-13H,14-15H2,1-5H3,(H,23,26). The third-order valence-corrected chi connectivity index (χ3v) is 4.32. The highest BCUT2D eigenvalue weighted by atomic mass is 16.2. The molecule has 0 aromatic heterocycles. The molecule has 138 valence electrons. The van der Waals surface area contributed by atoms with Crippen LogP contribution in [0, 0.1) is 6.92 Å². The van der Waals surface area contributed by atoms with E-state index < -0.39 is 0 Å². The van der Waals surface area contributed by atoms with Gasteiger partial charge in [0, 0.05) is 31.3 Å². The number of anilines is 1. The van der Waals surface area contributed by atoms with Crippen LogP contribution in [0.2, 0.25) is 0 Å². The van der Waals surface area contributed by atoms with Gasteiger partial charge in [0.2, 0.25) is 5.91 Å². The van der Waals surface area contributed by atoms with Crippen LogP contribution < -0.4 is 10.2 Å². The van der Waals surface area contributed by atoms with E-state index in [0.717, 1.165) is 16.8 Å². The van der Waals surface area contributed by atoms with Crippen LogP contribution in [0.5, 0.6) is 0 Å². The number of benzene rings is 2. The Labute approximate surface area is 156 Å². The fraction of sp³-hybridized carbons (Fsp3) is 0.364. The van der Waals surface area contributed by atoms with Gasteiger partial charge in [-0.2, -0.15) is 0 Å². The van der Waals surface area contributed by atoms with Gasteiger partial charge in [-0.15, -0.1) is 0 Å². The highest BCUT2D eigenvalue weighted by molar-refractivity contribution is 5.95. The maximum absolute atomic E-state index is 12.3. The molecule has 0 radical (unpaired) electrons. The van der Waals surface area contributed by atoms with Gasteiger partial charge in [0.25, 0.3) is 5.91 Å². The third kappa shape index (κ3) is 4.94. The summed E-state index contributed by atoms with van der Waals surface area (Å²) < 4.78 is 0. The maximum Gasteiger partial charge on any atom is 0.251 e. The van der Waals surface area contributed by atoms with Gasteiger partial charge in [0.1, 0.15) is 0 Å². The molecule has 0 saturated carbocycles. The van der Waals surface area contributed by atoms with Crippen molar-refractivity contribution >= 4 is 17.5 Å². The fourth-order valence-corrected chi connectivity index (χ4v) is 2.88. The number of carbonyl (C=O) groups excluding carboxylic acids is 2. The summed E-state index contributed by atoms with van der Waals surface area (Å²) in [6.45, 7) is 10.8. The fourth-order valence-electron chi connectivity index (χ4n) is 2.88. The zero-order chi connectivity index (χ0) is 19.3. The van der Waals surface area contributed by atoms with E-state index in [1.54, 1.807) is 11.8 Å². The second-order valence-electron chi connectivity index (χ2n) is 7.56. The monoisotopic (exact) mass is 352 g/mol. The largest absolute Gasteiger partial charge is 0.350 e. The van der Waals surface area contributed by atoms with Crippen LogP contribution in [-0.4, -0.2) is 24.9 Å². The number of hydrogen-bond acceptors (Lipinski definition) is 2. The molecule has 2 rings (SSSR count). The Morgan fingerprint density at radius 1 is 1.00 bits per heavy atom. The van der Waals surface area contributed by atoms with Crippen molar-refractivity contribution in [3.8, 4) is 0 Å². The number of nitrogens with zero attached hydrogens (tertiary/aromatic N) is 1. The van der Waals surface area contributed by atoms with Gasteiger partial charge in [-0.25, -0.2) is 0 Å². The van der Waals surface area contributed by atoms with Gasteiger partial charge >= 0.3 is 0 Å². The molecular formula is C22H28N2O2. The minimum Gasteiger partial charge on any atom is -0.350 e. The minimum absolute atomic E-state index is 0.0358. The first-order valence-corrected chi connectivity index (χ1v) is 8.92. The average Bonchev–Trinajstić information content (AvgIpc) is 2.58. The summed E-state index contributed by atoms with van der Waals surface area (Å²) >= 11 is 0. The summed E-state index contributed by atoms with van der Waals surface area (Å²) in [4.78, 5) is 26.2. The van der Waals surface area contributed by atoms with E-state index in [1.807, 2.05) is 49.4 Å². The smallest absolute Gasteiger partial charge is 0.251 e. The molecule has 2 aromatic carbocycles. The van der Waals surface area contributed by atoms with Crippen molar-refractivity contribution in [2.45, 2.75) is 40.0 Å². The van der Waals surface area contributed by atoms with E-state index >= 15 is 0 Å². The first-order valence-electron chi connectivity index (χ1n) is 8.92. The quantitative estimate of drug-likeness (QED) is 0.882. The van der Waals surface area contributed by atoms with E-state index in [0.29, 0.717) is 18.7 Å².